The fourth-order valence-electron chi connectivity index (χ4n) is 3.17. The lowest BCUT2D eigenvalue weighted by Crippen LogP contribution is -2.52. The zero-order valence-corrected chi connectivity index (χ0v) is 15.4. The molecule has 1 unspecified atom stereocenters. The van der Waals surface area contributed by atoms with E-state index in [0.717, 1.165) is 29.0 Å². The second kappa shape index (κ2) is 6.52. The lowest BCUT2D eigenvalue weighted by atomic mass is 9.98. The number of aryl methyl sites for hydroxylation is 1. The summed E-state index contributed by atoms with van der Waals surface area (Å²) < 4.78 is 5.97. The Hall–Kier alpha value is -2.33. The molecule has 1 amide bonds. The highest BCUT2D eigenvalue weighted by Gasteiger charge is 2.41. The van der Waals surface area contributed by atoms with Crippen LogP contribution in [0.4, 0.5) is 5.69 Å². The van der Waals surface area contributed by atoms with Gasteiger partial charge in [-0.3, -0.25) is 4.79 Å². The summed E-state index contributed by atoms with van der Waals surface area (Å²) >= 11 is 0. The monoisotopic (exact) mass is 338 g/mol. The van der Waals surface area contributed by atoms with Gasteiger partial charge in [0.2, 0.25) is 0 Å². The maximum atomic E-state index is 13.0. The summed E-state index contributed by atoms with van der Waals surface area (Å²) in [5.41, 5.74) is 9.43. The number of rotatable bonds is 4. The van der Waals surface area contributed by atoms with Crippen molar-refractivity contribution in [2.24, 2.45) is 5.73 Å². The Morgan fingerprint density at radius 2 is 1.92 bits per heavy atom. The van der Waals surface area contributed by atoms with Gasteiger partial charge in [-0.05, 0) is 56.0 Å². The standard InChI is InChI=1S/C21H26N2O2/c1-5-17(22)15-10-11-19-18(12-15)23(20(24)21(3,4)25-19)13-16-9-7-6-8-14(16)2/h6-12,17H,5,13,22H2,1-4H3. The summed E-state index contributed by atoms with van der Waals surface area (Å²) in [6.45, 7) is 8.27. The number of carbonyl (C=O) groups excluding carboxylic acids is 1. The maximum Gasteiger partial charge on any atom is 0.271 e. The minimum absolute atomic E-state index is 0.0366. The number of hydrogen-bond acceptors (Lipinski definition) is 3. The predicted molar refractivity (Wildman–Crippen MR) is 101 cm³/mol. The van der Waals surface area contributed by atoms with Crippen LogP contribution in [0.1, 0.15) is 49.9 Å². The lowest BCUT2D eigenvalue weighted by molar-refractivity contribution is -0.132. The van der Waals surface area contributed by atoms with Gasteiger partial charge in [-0.25, -0.2) is 0 Å². The van der Waals surface area contributed by atoms with Crippen LogP contribution < -0.4 is 15.4 Å². The van der Waals surface area contributed by atoms with Crippen molar-refractivity contribution in [3.8, 4) is 5.75 Å². The zero-order valence-electron chi connectivity index (χ0n) is 15.4. The van der Waals surface area contributed by atoms with Gasteiger partial charge in [-0.15, -0.1) is 0 Å². The minimum Gasteiger partial charge on any atom is -0.476 e. The van der Waals surface area contributed by atoms with Gasteiger partial charge in [-0.2, -0.15) is 0 Å². The van der Waals surface area contributed by atoms with E-state index < -0.39 is 5.60 Å². The van der Waals surface area contributed by atoms with Crippen LogP contribution in [0.3, 0.4) is 0 Å². The SMILES string of the molecule is CCC(N)c1ccc2c(c1)N(Cc1ccccc1C)C(=O)C(C)(C)O2. The van der Waals surface area contributed by atoms with Crippen LogP contribution in [-0.2, 0) is 11.3 Å². The predicted octanol–water partition coefficient (Wildman–Crippen LogP) is 4.11. The van der Waals surface area contributed by atoms with Crippen LogP contribution in [0.2, 0.25) is 0 Å². The summed E-state index contributed by atoms with van der Waals surface area (Å²) in [5, 5.41) is 0. The molecule has 0 saturated heterocycles. The van der Waals surface area contributed by atoms with Crippen molar-refractivity contribution in [1.29, 1.82) is 0 Å². The summed E-state index contributed by atoms with van der Waals surface area (Å²) in [6.07, 6.45) is 0.844. The Balaban J connectivity index is 2.07. The van der Waals surface area contributed by atoms with E-state index in [4.69, 9.17) is 10.5 Å². The Bertz CT molecular complexity index is 798. The molecule has 2 aromatic rings. The highest BCUT2D eigenvalue weighted by atomic mass is 16.5. The van der Waals surface area contributed by atoms with E-state index in [1.165, 1.54) is 5.56 Å². The molecule has 0 radical (unpaired) electrons. The van der Waals surface area contributed by atoms with Crippen LogP contribution in [-0.4, -0.2) is 11.5 Å². The van der Waals surface area contributed by atoms with Gasteiger partial charge in [-0.1, -0.05) is 37.3 Å². The Morgan fingerprint density at radius 1 is 1.20 bits per heavy atom. The first-order valence-electron chi connectivity index (χ1n) is 8.78. The Labute approximate surface area is 149 Å². The molecule has 0 saturated carbocycles. The molecule has 4 heteroatoms. The van der Waals surface area contributed by atoms with E-state index in [2.05, 4.69) is 26.0 Å². The molecular formula is C21H26N2O2. The molecule has 0 bridgehead atoms. The average Bonchev–Trinajstić information content (AvgIpc) is 2.59. The number of fused-ring (bicyclic) bond motifs is 1. The normalized spacial score (nSPS) is 17.0. The molecule has 1 aliphatic rings. The molecule has 0 aromatic heterocycles. The number of hydrogen-bond donors (Lipinski definition) is 1. The highest BCUT2D eigenvalue weighted by molar-refractivity contribution is 6.02. The van der Waals surface area contributed by atoms with E-state index in [0.29, 0.717) is 6.54 Å². The molecule has 0 fully saturated rings. The van der Waals surface area contributed by atoms with Crippen molar-refractivity contribution in [3.63, 3.8) is 0 Å². The molecular weight excluding hydrogens is 312 g/mol. The van der Waals surface area contributed by atoms with E-state index in [1.807, 2.05) is 49.1 Å². The van der Waals surface area contributed by atoms with Crippen molar-refractivity contribution in [2.45, 2.75) is 52.3 Å². The lowest BCUT2D eigenvalue weighted by Gasteiger charge is -2.39. The number of amides is 1. The molecule has 0 aliphatic carbocycles. The third kappa shape index (κ3) is 3.27. The molecule has 1 aliphatic heterocycles. The van der Waals surface area contributed by atoms with Crippen molar-refractivity contribution >= 4 is 11.6 Å². The van der Waals surface area contributed by atoms with Gasteiger partial charge >= 0.3 is 0 Å². The fraction of sp³-hybridized carbons (Fsp3) is 0.381. The first-order valence-corrected chi connectivity index (χ1v) is 8.78. The summed E-state index contributed by atoms with van der Waals surface area (Å²) in [4.78, 5) is 14.9. The number of ether oxygens (including phenoxy) is 1. The molecule has 4 nitrogen and oxygen atoms in total. The van der Waals surface area contributed by atoms with E-state index in [-0.39, 0.29) is 11.9 Å². The third-order valence-corrected chi connectivity index (χ3v) is 4.86. The zero-order chi connectivity index (χ0) is 18.2. The number of anilines is 1. The Kier molecular flexibility index (Phi) is 4.56. The quantitative estimate of drug-likeness (QED) is 0.913. The van der Waals surface area contributed by atoms with Crippen LogP contribution in [0.5, 0.6) is 5.75 Å². The number of carbonyl (C=O) groups is 1. The second-order valence-electron chi connectivity index (χ2n) is 7.17. The first-order chi connectivity index (χ1) is 11.8. The molecule has 2 aromatic carbocycles. The smallest absolute Gasteiger partial charge is 0.271 e. The minimum atomic E-state index is -0.885. The first kappa shape index (κ1) is 17.5. The molecule has 3 rings (SSSR count). The average molecular weight is 338 g/mol. The molecule has 1 atom stereocenters. The van der Waals surface area contributed by atoms with Crippen LogP contribution in [0.15, 0.2) is 42.5 Å². The van der Waals surface area contributed by atoms with Gasteiger partial charge in [0, 0.05) is 6.04 Å². The topological polar surface area (TPSA) is 55.6 Å². The van der Waals surface area contributed by atoms with Crippen LogP contribution in [0.25, 0.3) is 0 Å². The highest BCUT2D eigenvalue weighted by Crippen LogP contribution is 2.40. The molecule has 2 N–H and O–H groups in total. The van der Waals surface area contributed by atoms with E-state index >= 15 is 0 Å². The van der Waals surface area contributed by atoms with Gasteiger partial charge in [0.15, 0.2) is 5.60 Å². The van der Waals surface area contributed by atoms with Gasteiger partial charge in [0.1, 0.15) is 5.75 Å². The molecule has 25 heavy (non-hydrogen) atoms. The Morgan fingerprint density at radius 3 is 2.60 bits per heavy atom. The van der Waals surface area contributed by atoms with Gasteiger partial charge in [0.25, 0.3) is 5.91 Å². The van der Waals surface area contributed by atoms with Crippen molar-refractivity contribution < 1.29 is 9.53 Å². The number of benzene rings is 2. The van der Waals surface area contributed by atoms with Crippen molar-refractivity contribution in [1.82, 2.24) is 0 Å². The number of nitrogens with two attached hydrogens (primary N) is 1. The summed E-state index contributed by atoms with van der Waals surface area (Å²) in [5.74, 6) is 0.690. The van der Waals surface area contributed by atoms with Crippen LogP contribution >= 0.6 is 0 Å². The summed E-state index contributed by atoms with van der Waals surface area (Å²) in [7, 11) is 0. The summed E-state index contributed by atoms with van der Waals surface area (Å²) in [6, 6.07) is 14.0. The number of nitrogens with zero attached hydrogens (tertiary/aromatic N) is 1. The van der Waals surface area contributed by atoms with Crippen molar-refractivity contribution in [3.05, 3.63) is 59.2 Å². The van der Waals surface area contributed by atoms with Gasteiger partial charge < -0.3 is 15.4 Å². The molecule has 0 spiro atoms. The second-order valence-corrected chi connectivity index (χ2v) is 7.17. The fourth-order valence-corrected chi connectivity index (χ4v) is 3.17. The molecule has 132 valence electrons. The maximum absolute atomic E-state index is 13.0. The van der Waals surface area contributed by atoms with Crippen molar-refractivity contribution in [2.75, 3.05) is 4.90 Å². The molecule has 1 heterocycles. The largest absolute Gasteiger partial charge is 0.476 e. The van der Waals surface area contributed by atoms with Crippen LogP contribution in [0, 0.1) is 6.92 Å². The van der Waals surface area contributed by atoms with E-state index in [9.17, 15) is 4.79 Å². The van der Waals surface area contributed by atoms with Gasteiger partial charge in [0.05, 0.1) is 12.2 Å². The third-order valence-electron chi connectivity index (χ3n) is 4.86. The van der Waals surface area contributed by atoms with E-state index in [1.54, 1.807) is 0 Å².